The van der Waals surface area contributed by atoms with Crippen molar-refractivity contribution in [3.8, 4) is 5.82 Å². The average Bonchev–Trinajstić information content (AvgIpc) is 3.26. The van der Waals surface area contributed by atoms with Gasteiger partial charge in [-0.25, -0.2) is 19.9 Å². The van der Waals surface area contributed by atoms with Gasteiger partial charge in [0.25, 0.3) is 0 Å². The van der Waals surface area contributed by atoms with Crippen molar-refractivity contribution in [1.82, 2.24) is 34.3 Å². The maximum absolute atomic E-state index is 12.1. The van der Waals surface area contributed by atoms with Gasteiger partial charge in [0.2, 0.25) is 0 Å². The van der Waals surface area contributed by atoms with E-state index in [1.165, 1.54) is 0 Å². The highest BCUT2D eigenvalue weighted by Gasteiger charge is 2.33. The van der Waals surface area contributed by atoms with Crippen molar-refractivity contribution >= 4 is 22.8 Å². The summed E-state index contributed by atoms with van der Waals surface area (Å²) in [7, 11) is 2.06. The van der Waals surface area contributed by atoms with Crippen LogP contribution in [0.4, 0.5) is 5.82 Å². The van der Waals surface area contributed by atoms with Crippen molar-refractivity contribution in [2.24, 2.45) is 7.05 Å². The molecule has 10 nitrogen and oxygen atoms in total. The first-order valence-electron chi connectivity index (χ1n) is 11.0. The summed E-state index contributed by atoms with van der Waals surface area (Å²) in [4.78, 5) is 32.7. The van der Waals surface area contributed by atoms with E-state index < -0.39 is 0 Å². The molecule has 1 fully saturated rings. The highest BCUT2D eigenvalue weighted by molar-refractivity contribution is 5.76. The first-order valence-corrected chi connectivity index (χ1v) is 11.0. The standard InChI is InChI=1S/C23H26N8O2/c1-5-33-22(32)10-19-26-20(11-21(27-19)31-15(3)24-14(2)28-31)30-12-16(13-30)23-25-17-8-6-7-9-18(17)29(23)4/h6-9,11,16H,5,10,12-13H2,1-4H3. The second-order valence-corrected chi connectivity index (χ2v) is 8.22. The molecule has 1 aromatic carbocycles. The zero-order chi connectivity index (χ0) is 23.1. The Morgan fingerprint density at radius 2 is 1.85 bits per heavy atom. The quantitative estimate of drug-likeness (QED) is 0.416. The summed E-state index contributed by atoms with van der Waals surface area (Å²) in [5.41, 5.74) is 2.13. The third-order valence-electron chi connectivity index (χ3n) is 5.84. The number of fused-ring (bicyclic) bond motifs is 1. The maximum atomic E-state index is 12.1. The lowest BCUT2D eigenvalue weighted by Gasteiger charge is -2.39. The maximum Gasteiger partial charge on any atom is 0.313 e. The minimum absolute atomic E-state index is 0.00340. The lowest BCUT2D eigenvalue weighted by molar-refractivity contribution is -0.142. The van der Waals surface area contributed by atoms with Gasteiger partial charge in [0, 0.05) is 26.2 Å². The van der Waals surface area contributed by atoms with E-state index in [2.05, 4.69) is 42.6 Å². The number of carbonyl (C=O) groups is 1. The molecule has 0 atom stereocenters. The van der Waals surface area contributed by atoms with Crippen LogP contribution in [0.1, 0.15) is 36.1 Å². The van der Waals surface area contributed by atoms with Gasteiger partial charge in [-0.05, 0) is 32.9 Å². The lowest BCUT2D eigenvalue weighted by Crippen LogP contribution is -2.46. The first kappa shape index (κ1) is 21.0. The molecule has 0 unspecified atom stereocenters. The molecule has 0 saturated carbocycles. The van der Waals surface area contributed by atoms with Gasteiger partial charge >= 0.3 is 5.97 Å². The number of nitrogens with zero attached hydrogens (tertiary/aromatic N) is 8. The summed E-state index contributed by atoms with van der Waals surface area (Å²) in [6.07, 6.45) is 0.00340. The zero-order valence-electron chi connectivity index (χ0n) is 19.2. The van der Waals surface area contributed by atoms with Crippen molar-refractivity contribution in [3.05, 3.63) is 53.6 Å². The number of esters is 1. The van der Waals surface area contributed by atoms with Crippen LogP contribution in [0.15, 0.2) is 30.3 Å². The third-order valence-corrected chi connectivity index (χ3v) is 5.84. The second-order valence-electron chi connectivity index (χ2n) is 8.22. The number of hydrogen-bond donors (Lipinski definition) is 0. The van der Waals surface area contributed by atoms with Crippen LogP contribution in [-0.2, 0) is 23.0 Å². The monoisotopic (exact) mass is 446 g/mol. The fraction of sp³-hybridized carbons (Fsp3) is 0.391. The van der Waals surface area contributed by atoms with Gasteiger partial charge in [-0.2, -0.15) is 4.68 Å². The summed E-state index contributed by atoms with van der Waals surface area (Å²) >= 11 is 0. The Kier molecular flexibility index (Phi) is 5.27. The normalized spacial score (nSPS) is 14.0. The van der Waals surface area contributed by atoms with Crippen LogP contribution in [-0.4, -0.2) is 59.9 Å². The van der Waals surface area contributed by atoms with Gasteiger partial charge in [0.1, 0.15) is 35.5 Å². The van der Waals surface area contributed by atoms with Crippen molar-refractivity contribution in [3.63, 3.8) is 0 Å². The number of ether oxygens (including phenoxy) is 1. The number of benzene rings is 1. The van der Waals surface area contributed by atoms with Crippen LogP contribution in [0.3, 0.4) is 0 Å². The minimum atomic E-state index is -0.353. The Balaban J connectivity index is 1.43. The number of carbonyl (C=O) groups excluding carboxylic acids is 1. The molecule has 0 bridgehead atoms. The molecule has 1 aliphatic rings. The Labute approximate surface area is 191 Å². The minimum Gasteiger partial charge on any atom is -0.466 e. The number of anilines is 1. The van der Waals surface area contributed by atoms with Crippen LogP contribution in [0.5, 0.6) is 0 Å². The predicted molar refractivity (Wildman–Crippen MR) is 122 cm³/mol. The number of aromatic nitrogens is 7. The number of rotatable bonds is 6. The summed E-state index contributed by atoms with van der Waals surface area (Å²) in [5, 5.41) is 4.45. The fourth-order valence-corrected chi connectivity index (χ4v) is 4.26. The van der Waals surface area contributed by atoms with Gasteiger partial charge in [-0.1, -0.05) is 12.1 Å². The third kappa shape index (κ3) is 3.92. The van der Waals surface area contributed by atoms with E-state index >= 15 is 0 Å². The number of imidazole rings is 1. The Hall–Kier alpha value is -3.82. The Morgan fingerprint density at radius 3 is 2.55 bits per heavy atom. The molecule has 10 heteroatoms. The van der Waals surface area contributed by atoms with E-state index in [1.54, 1.807) is 11.6 Å². The summed E-state index contributed by atoms with van der Waals surface area (Å²) in [6.45, 7) is 7.37. The largest absolute Gasteiger partial charge is 0.466 e. The van der Waals surface area contributed by atoms with Crippen LogP contribution < -0.4 is 4.90 Å². The highest BCUT2D eigenvalue weighted by atomic mass is 16.5. The van der Waals surface area contributed by atoms with Gasteiger partial charge in [-0.3, -0.25) is 4.79 Å². The topological polar surface area (TPSA) is 104 Å². The SMILES string of the molecule is CCOC(=O)Cc1nc(N2CC(c3nc4ccccc4n3C)C2)cc(-n2nc(C)nc2C)n1. The molecule has 4 heterocycles. The molecule has 3 aromatic heterocycles. The molecular formula is C23H26N8O2. The molecule has 0 radical (unpaired) electrons. The molecule has 0 spiro atoms. The fourth-order valence-electron chi connectivity index (χ4n) is 4.26. The van der Waals surface area contributed by atoms with Crippen LogP contribution >= 0.6 is 0 Å². The molecule has 1 aliphatic heterocycles. The van der Waals surface area contributed by atoms with E-state index in [4.69, 9.17) is 9.72 Å². The number of aryl methyl sites for hydroxylation is 3. The summed E-state index contributed by atoms with van der Waals surface area (Å²) in [6, 6.07) is 10.1. The van der Waals surface area contributed by atoms with Gasteiger partial charge in [0.05, 0.1) is 23.6 Å². The molecule has 170 valence electrons. The van der Waals surface area contributed by atoms with E-state index in [0.29, 0.717) is 30.0 Å². The molecular weight excluding hydrogens is 420 g/mol. The van der Waals surface area contributed by atoms with E-state index in [1.807, 2.05) is 38.1 Å². The van der Waals surface area contributed by atoms with Crippen molar-refractivity contribution in [1.29, 1.82) is 0 Å². The number of para-hydroxylation sites is 2. The first-order chi connectivity index (χ1) is 15.9. The molecule has 1 saturated heterocycles. The molecule has 5 rings (SSSR count). The molecule has 0 aliphatic carbocycles. The Bertz CT molecular complexity index is 1340. The van der Waals surface area contributed by atoms with Crippen LogP contribution in [0.2, 0.25) is 0 Å². The zero-order valence-corrected chi connectivity index (χ0v) is 19.2. The lowest BCUT2D eigenvalue weighted by atomic mass is 9.99. The van der Waals surface area contributed by atoms with E-state index in [9.17, 15) is 4.79 Å². The predicted octanol–water partition coefficient (Wildman–Crippen LogP) is 2.27. The number of hydrogen-bond acceptors (Lipinski definition) is 8. The second kappa shape index (κ2) is 8.27. The van der Waals surface area contributed by atoms with Crippen molar-refractivity contribution < 1.29 is 9.53 Å². The summed E-state index contributed by atoms with van der Waals surface area (Å²) in [5.74, 6) is 4.13. The summed E-state index contributed by atoms with van der Waals surface area (Å²) < 4.78 is 8.94. The van der Waals surface area contributed by atoms with Gasteiger partial charge in [-0.15, -0.1) is 5.10 Å². The molecule has 33 heavy (non-hydrogen) atoms. The van der Waals surface area contributed by atoms with Gasteiger partial charge < -0.3 is 14.2 Å². The van der Waals surface area contributed by atoms with Crippen molar-refractivity contribution in [2.45, 2.75) is 33.1 Å². The van der Waals surface area contributed by atoms with E-state index in [0.717, 1.165) is 41.6 Å². The smallest absolute Gasteiger partial charge is 0.313 e. The molecule has 4 aromatic rings. The molecule has 0 amide bonds. The Morgan fingerprint density at radius 1 is 1.09 bits per heavy atom. The van der Waals surface area contributed by atoms with Crippen LogP contribution in [0.25, 0.3) is 16.9 Å². The van der Waals surface area contributed by atoms with Crippen molar-refractivity contribution in [2.75, 3.05) is 24.6 Å². The molecule has 0 N–H and O–H groups in total. The van der Waals surface area contributed by atoms with E-state index in [-0.39, 0.29) is 12.4 Å². The van der Waals surface area contributed by atoms with Gasteiger partial charge in [0.15, 0.2) is 5.82 Å². The highest BCUT2D eigenvalue weighted by Crippen LogP contribution is 2.32. The average molecular weight is 447 g/mol. The van der Waals surface area contributed by atoms with Crippen LogP contribution in [0, 0.1) is 13.8 Å².